The number of Topliss-reactive ketones (excluding diaryl/α,β-unsaturated/α-hetero) is 2. The second kappa shape index (κ2) is 23.7. The molecule has 4 aromatic rings. The van der Waals surface area contributed by atoms with Crippen LogP contribution in [0, 0.1) is 25.7 Å². The predicted molar refractivity (Wildman–Crippen MR) is 278 cm³/mol. The number of nitrogens with two attached hydrogens (primary N) is 1. The van der Waals surface area contributed by atoms with E-state index in [-0.39, 0.29) is 23.6 Å². The molecule has 15 nitrogen and oxygen atoms in total. The molecule has 1 fully saturated rings. The van der Waals surface area contributed by atoms with Crippen LogP contribution in [0.5, 0.6) is 11.5 Å². The van der Waals surface area contributed by atoms with Crippen molar-refractivity contribution in [1.29, 1.82) is 0 Å². The molecule has 2 amide bonds. The number of aryl methyl sites for hydroxylation is 2. The lowest BCUT2D eigenvalue weighted by atomic mass is 9.54. The summed E-state index contributed by atoms with van der Waals surface area (Å²) in [6.45, 7) is 5.92. The molecule has 72 heavy (non-hydrogen) atoms. The fourth-order valence-electron chi connectivity index (χ4n) is 11.1. The lowest BCUT2D eigenvalue weighted by molar-refractivity contribution is -0.679. The number of rotatable bonds is 19. The number of phenolic OH excluding ortho intramolecular Hbond substituents is 1. The summed E-state index contributed by atoms with van der Waals surface area (Å²) in [5, 5.41) is 73.4. The van der Waals surface area contributed by atoms with Crippen molar-refractivity contribution < 1.29 is 59.6 Å². The molecular formula is C56H70N3O12P. The standard InChI is InChI=1S/C55H66N3O10P.CH4O2/c1-32-17-23-36(24-18-32)69(37-25-19-33(2)20-26-37,38-27-21-35(68-6)22-28-38)31-15-13-11-9-7-8-10-12-14-16-41(59)57-40-30-29-39-34(3)42-44(49(61)43(39)48(40)60)52(64)55(67)46(50(42)62)47(58(4)5)51(63)45(53(55)65)54(56)66;1-3-2/h17-30,34,42,46-47,50,62,67H,7-16,31H2,1-6H3,(H5-,56,57,59,60,61,63,64,65,66);2H,1H3/t34-,42+,46+,47-,50-,55-;/m0./s1. The molecule has 0 radical (unpaired) electrons. The average Bonchev–Trinajstić information content (AvgIpc) is 3.34. The summed E-state index contributed by atoms with van der Waals surface area (Å²) < 4.78 is 5.53. The first-order valence-electron chi connectivity index (χ1n) is 24.6. The molecule has 0 heterocycles. The van der Waals surface area contributed by atoms with Crippen LogP contribution in [-0.2, 0) is 24.1 Å². The highest BCUT2D eigenvalue weighted by atomic mass is 31.2. The number of hydrogen-bond acceptors (Lipinski definition) is 13. The van der Waals surface area contributed by atoms with Gasteiger partial charge in [0.1, 0.15) is 51.8 Å². The normalized spacial score (nSPS) is 21.6. The molecule has 0 spiro atoms. The Balaban J connectivity index is 0.00000275. The van der Waals surface area contributed by atoms with E-state index in [4.69, 9.17) is 15.7 Å². The molecular weight excluding hydrogens is 938 g/mol. The highest BCUT2D eigenvalue weighted by Gasteiger charge is 2.68. The van der Waals surface area contributed by atoms with E-state index in [0.29, 0.717) is 12.0 Å². The van der Waals surface area contributed by atoms with Crippen molar-refractivity contribution >= 4 is 58.0 Å². The van der Waals surface area contributed by atoms with E-state index >= 15 is 0 Å². The van der Waals surface area contributed by atoms with Gasteiger partial charge in [0.15, 0.2) is 11.4 Å². The van der Waals surface area contributed by atoms with E-state index in [1.54, 1.807) is 20.1 Å². The first-order valence-corrected chi connectivity index (χ1v) is 26.6. The van der Waals surface area contributed by atoms with E-state index in [1.807, 2.05) is 0 Å². The molecule has 3 aliphatic rings. The van der Waals surface area contributed by atoms with Gasteiger partial charge in [0, 0.05) is 25.0 Å². The van der Waals surface area contributed by atoms with Gasteiger partial charge in [-0.05, 0) is 113 Å². The quantitative estimate of drug-likeness (QED) is 0.0145. The Hall–Kier alpha value is -5.93. The number of unbranched alkanes of at least 4 members (excludes halogenated alkanes) is 8. The number of hydrogen-bond donors (Lipinski definition) is 7. The third kappa shape index (κ3) is 10.7. The Morgan fingerprint density at radius 1 is 0.778 bits per heavy atom. The summed E-state index contributed by atoms with van der Waals surface area (Å²) in [5.41, 5.74) is 3.59. The number of fused-ring (bicyclic) bond motifs is 3. The zero-order chi connectivity index (χ0) is 52.7. The van der Waals surface area contributed by atoms with E-state index < -0.39 is 88.7 Å². The maximum absolute atomic E-state index is 14.3. The Labute approximate surface area is 422 Å². The third-order valence-electron chi connectivity index (χ3n) is 14.8. The number of nitrogens with zero attached hydrogens (tertiary/aromatic N) is 1. The summed E-state index contributed by atoms with van der Waals surface area (Å²) in [5.74, 6) is -9.26. The highest BCUT2D eigenvalue weighted by molar-refractivity contribution is 7.95. The number of likely N-dealkylation sites (N-methyl/N-ethyl adjacent to an activating group) is 1. The minimum absolute atomic E-state index is 0.00672. The number of aromatic hydroxyl groups is 1. The highest BCUT2D eigenvalue weighted by Crippen LogP contribution is 2.58. The minimum Gasteiger partial charge on any atom is -0.724 e. The zero-order valence-electron chi connectivity index (χ0n) is 42.3. The number of carbonyl (C=O) groups is 4. The van der Waals surface area contributed by atoms with Crippen LogP contribution in [0.2, 0.25) is 0 Å². The van der Waals surface area contributed by atoms with Crippen LogP contribution in [0.3, 0.4) is 0 Å². The van der Waals surface area contributed by atoms with Crippen LogP contribution in [0.15, 0.2) is 102 Å². The van der Waals surface area contributed by atoms with Crippen LogP contribution in [0.4, 0.5) is 5.69 Å². The number of amides is 2. The van der Waals surface area contributed by atoms with Gasteiger partial charge in [-0.25, -0.2) is 0 Å². The van der Waals surface area contributed by atoms with Crippen LogP contribution < -0.4 is 37.0 Å². The summed E-state index contributed by atoms with van der Waals surface area (Å²) in [4.78, 5) is 57.6. The van der Waals surface area contributed by atoms with Crippen molar-refractivity contribution in [2.24, 2.45) is 17.6 Å². The van der Waals surface area contributed by atoms with Crippen molar-refractivity contribution in [2.45, 2.75) is 109 Å². The summed E-state index contributed by atoms with van der Waals surface area (Å²) in [6.07, 6.45) is 8.74. The fourth-order valence-corrected chi connectivity index (χ4v) is 15.4. The monoisotopic (exact) mass is 1010 g/mol. The number of aliphatic hydroxyl groups is 4. The molecule has 4 aromatic carbocycles. The van der Waals surface area contributed by atoms with Crippen molar-refractivity contribution in [3.05, 3.63) is 124 Å². The van der Waals surface area contributed by atoms with Crippen LogP contribution in [-0.4, -0.2) is 106 Å². The van der Waals surface area contributed by atoms with Gasteiger partial charge >= 0.3 is 0 Å². The molecule has 8 N–H and O–H groups in total. The maximum Gasteiger partial charge on any atom is 0.255 e. The zero-order valence-corrected chi connectivity index (χ0v) is 43.2. The number of primary amides is 1. The third-order valence-corrected chi connectivity index (χ3v) is 19.3. The fraction of sp³-hybridized carbons (Fsp3) is 0.429. The van der Waals surface area contributed by atoms with Gasteiger partial charge in [0.05, 0.1) is 42.6 Å². The van der Waals surface area contributed by atoms with Crippen LogP contribution >= 0.6 is 7.26 Å². The molecule has 0 saturated heterocycles. The topological polar surface area (TPSA) is 252 Å². The van der Waals surface area contributed by atoms with Crippen molar-refractivity contribution in [3.63, 3.8) is 0 Å². The van der Waals surface area contributed by atoms with Gasteiger partial charge < -0.3 is 51.5 Å². The lowest BCUT2D eigenvalue weighted by Gasteiger charge is -2.53. The number of benzene rings is 4. The second-order valence-electron chi connectivity index (χ2n) is 19.5. The smallest absolute Gasteiger partial charge is 0.255 e. The van der Waals surface area contributed by atoms with Crippen molar-refractivity contribution in [2.75, 3.05) is 39.8 Å². The van der Waals surface area contributed by atoms with E-state index in [0.717, 1.165) is 70.4 Å². The number of ether oxygens (including phenoxy) is 1. The Morgan fingerprint density at radius 2 is 1.26 bits per heavy atom. The molecule has 0 aromatic heterocycles. The number of carbonyl (C=O) groups excluding carboxylic acids is 4. The number of ketones is 2. The molecule has 0 aliphatic heterocycles. The molecule has 0 bridgehead atoms. The number of anilines is 1. The predicted octanol–water partition coefficient (Wildman–Crippen LogP) is 5.86. The first-order chi connectivity index (χ1) is 34.3. The van der Waals surface area contributed by atoms with Gasteiger partial charge in [0.2, 0.25) is 11.7 Å². The average molecular weight is 1010 g/mol. The van der Waals surface area contributed by atoms with E-state index in [1.165, 1.54) is 52.1 Å². The number of methoxy groups -OCH3 is 1. The van der Waals surface area contributed by atoms with Gasteiger partial charge in [-0.2, -0.15) is 0 Å². The molecule has 1 saturated carbocycles. The maximum atomic E-state index is 14.3. The summed E-state index contributed by atoms with van der Waals surface area (Å²) >= 11 is 0. The molecule has 7 rings (SSSR count). The SMILES string of the molecule is CO[O-].COc1ccc([P+](CCCCCCCCCCCC(=O)Nc2ccc3c(c2O)C(O)=C2C(=O)[C@]4(O)C(O)=C(C(N)=O)C(=O)[C@@H](N(C)C)[C@@H]4[C@@H](O)[C@@H]2[C@H]3C)(c2ccc(C)cc2)c2ccc(C)cc2)cc1. The van der Waals surface area contributed by atoms with Gasteiger partial charge in [-0.1, -0.05) is 86.9 Å². The van der Waals surface area contributed by atoms with Crippen LogP contribution in [0.25, 0.3) is 5.76 Å². The van der Waals surface area contributed by atoms with Crippen molar-refractivity contribution in [1.82, 2.24) is 4.90 Å². The van der Waals surface area contributed by atoms with Gasteiger partial charge in [-0.15, -0.1) is 0 Å². The molecule has 3 aliphatic carbocycles. The second-order valence-corrected chi connectivity index (χ2v) is 23.1. The molecule has 0 unspecified atom stereocenters. The Kier molecular flexibility index (Phi) is 18.3. The lowest BCUT2D eigenvalue weighted by Crippen LogP contribution is -2.70. The Bertz CT molecular complexity index is 2620. The summed E-state index contributed by atoms with van der Waals surface area (Å²) in [6, 6.07) is 28.5. The van der Waals surface area contributed by atoms with E-state index in [9.17, 15) is 44.7 Å². The minimum atomic E-state index is -3.01. The van der Waals surface area contributed by atoms with Crippen LogP contribution in [0.1, 0.15) is 99.3 Å². The number of nitrogens with one attached hydrogen (secondary N) is 1. The first kappa shape index (κ1) is 55.4. The Morgan fingerprint density at radius 3 is 1.75 bits per heavy atom. The van der Waals surface area contributed by atoms with Gasteiger partial charge in [0.25, 0.3) is 5.91 Å². The number of aliphatic hydroxyl groups excluding tert-OH is 3. The largest absolute Gasteiger partial charge is 0.724 e. The van der Waals surface area contributed by atoms with Crippen molar-refractivity contribution in [3.8, 4) is 11.5 Å². The molecule has 16 heteroatoms. The van der Waals surface area contributed by atoms with Gasteiger partial charge in [-0.3, -0.25) is 24.1 Å². The van der Waals surface area contributed by atoms with E-state index in [2.05, 4.69) is 96.8 Å². The molecule has 6 atom stereocenters. The summed E-state index contributed by atoms with van der Waals surface area (Å²) in [7, 11) is 3.74. The molecule has 386 valence electrons. The number of phenols is 1.